The Balaban J connectivity index is 1.89. The van der Waals surface area contributed by atoms with Crippen molar-refractivity contribution in [2.75, 3.05) is 13.7 Å². The number of hydrogen-bond donors (Lipinski definition) is 2. The number of rotatable bonds is 8. The highest BCUT2D eigenvalue weighted by molar-refractivity contribution is 9.10. The summed E-state index contributed by atoms with van der Waals surface area (Å²) in [5, 5.41) is 6.51. The van der Waals surface area contributed by atoms with Crippen molar-refractivity contribution in [2.45, 2.75) is 13.0 Å². The van der Waals surface area contributed by atoms with Crippen LogP contribution in [0.5, 0.6) is 5.75 Å². The number of halogens is 2. The summed E-state index contributed by atoms with van der Waals surface area (Å²) in [7, 11) is 1.28. The third-order valence-electron chi connectivity index (χ3n) is 3.78. The van der Waals surface area contributed by atoms with Gasteiger partial charge in [-0.25, -0.2) is 10.2 Å². The van der Waals surface area contributed by atoms with Gasteiger partial charge in [0.25, 0.3) is 11.8 Å². The highest BCUT2D eigenvalue weighted by Gasteiger charge is 2.17. The van der Waals surface area contributed by atoms with Crippen LogP contribution in [0.3, 0.4) is 0 Å². The SMILES string of the molecule is COC(=O)COc1ccc(C=NNC(=O)C(C)NC(=O)c2ccccc2Br)cc1Br. The fourth-order valence-corrected chi connectivity index (χ4v) is 3.14. The van der Waals surface area contributed by atoms with E-state index in [2.05, 4.69) is 52.4 Å². The summed E-state index contributed by atoms with van der Waals surface area (Å²) in [5.41, 5.74) is 3.49. The predicted molar refractivity (Wildman–Crippen MR) is 118 cm³/mol. The fourth-order valence-electron chi connectivity index (χ4n) is 2.16. The highest BCUT2D eigenvalue weighted by Crippen LogP contribution is 2.25. The van der Waals surface area contributed by atoms with Crippen LogP contribution in [-0.4, -0.2) is 43.8 Å². The second-order valence-corrected chi connectivity index (χ2v) is 7.67. The molecule has 0 saturated heterocycles. The standard InChI is InChI=1S/C20H19Br2N3O5/c1-12(24-20(28)14-5-3-4-6-15(14)21)19(27)25-23-10-13-7-8-17(16(22)9-13)30-11-18(26)29-2/h3-10,12H,11H2,1-2H3,(H,24,28)(H,25,27). The van der Waals surface area contributed by atoms with E-state index in [0.717, 1.165) is 0 Å². The van der Waals surface area contributed by atoms with Gasteiger partial charge < -0.3 is 14.8 Å². The molecule has 0 spiro atoms. The van der Waals surface area contributed by atoms with Crippen LogP contribution in [0.4, 0.5) is 0 Å². The van der Waals surface area contributed by atoms with Gasteiger partial charge in [-0.15, -0.1) is 0 Å². The molecule has 0 aliphatic rings. The molecule has 2 aromatic carbocycles. The number of ether oxygens (including phenoxy) is 2. The lowest BCUT2D eigenvalue weighted by Gasteiger charge is -2.13. The zero-order chi connectivity index (χ0) is 22.1. The van der Waals surface area contributed by atoms with Crippen molar-refractivity contribution in [2.24, 2.45) is 5.10 Å². The number of nitrogens with zero attached hydrogens (tertiary/aromatic N) is 1. The van der Waals surface area contributed by atoms with Crippen LogP contribution in [0.1, 0.15) is 22.8 Å². The van der Waals surface area contributed by atoms with Gasteiger partial charge in [-0.3, -0.25) is 9.59 Å². The van der Waals surface area contributed by atoms with Crippen molar-refractivity contribution in [3.8, 4) is 5.75 Å². The Kier molecular flexibility index (Phi) is 9.00. The number of esters is 1. The molecule has 10 heteroatoms. The zero-order valence-electron chi connectivity index (χ0n) is 16.1. The molecule has 2 aromatic rings. The molecule has 0 radical (unpaired) electrons. The number of carbonyl (C=O) groups is 3. The minimum Gasteiger partial charge on any atom is -0.481 e. The number of hydrazone groups is 1. The molecule has 2 rings (SSSR count). The van der Waals surface area contributed by atoms with Gasteiger partial charge in [0, 0.05) is 4.47 Å². The summed E-state index contributed by atoms with van der Waals surface area (Å²) < 4.78 is 11.1. The molecule has 2 amide bonds. The minimum atomic E-state index is -0.789. The predicted octanol–water partition coefficient (Wildman–Crippen LogP) is 3.03. The third kappa shape index (κ3) is 6.96. The van der Waals surface area contributed by atoms with Crippen LogP contribution in [0, 0.1) is 0 Å². The number of nitrogens with one attached hydrogen (secondary N) is 2. The van der Waals surface area contributed by atoms with Crippen molar-refractivity contribution in [1.29, 1.82) is 0 Å². The minimum absolute atomic E-state index is 0.207. The summed E-state index contributed by atoms with van der Waals surface area (Å²) >= 11 is 6.64. The van der Waals surface area contributed by atoms with E-state index < -0.39 is 17.9 Å². The summed E-state index contributed by atoms with van der Waals surface area (Å²) in [6.45, 7) is 1.35. The van der Waals surface area contributed by atoms with E-state index in [0.29, 0.717) is 25.8 Å². The molecule has 0 saturated carbocycles. The molecule has 1 unspecified atom stereocenters. The monoisotopic (exact) mass is 539 g/mol. The number of carbonyl (C=O) groups excluding carboxylic acids is 3. The molecule has 0 aliphatic heterocycles. The van der Waals surface area contributed by atoms with Gasteiger partial charge in [0.15, 0.2) is 6.61 Å². The molecule has 158 valence electrons. The Morgan fingerprint density at radius 1 is 1.13 bits per heavy atom. The summed E-state index contributed by atoms with van der Waals surface area (Å²) in [4.78, 5) is 35.5. The van der Waals surface area contributed by atoms with Crippen LogP contribution in [0.15, 0.2) is 56.5 Å². The van der Waals surface area contributed by atoms with Gasteiger partial charge in [-0.05, 0) is 74.7 Å². The zero-order valence-corrected chi connectivity index (χ0v) is 19.3. The summed E-state index contributed by atoms with van der Waals surface area (Å²) in [6.07, 6.45) is 1.44. The molecular weight excluding hydrogens is 522 g/mol. The molecule has 1 atom stereocenters. The third-order valence-corrected chi connectivity index (χ3v) is 5.09. The van der Waals surface area contributed by atoms with E-state index in [1.54, 1.807) is 49.4 Å². The van der Waals surface area contributed by atoms with E-state index in [1.807, 2.05) is 0 Å². The smallest absolute Gasteiger partial charge is 0.343 e. The molecule has 0 bridgehead atoms. The van der Waals surface area contributed by atoms with Crippen LogP contribution >= 0.6 is 31.9 Å². The van der Waals surface area contributed by atoms with Crippen molar-refractivity contribution in [3.05, 3.63) is 62.5 Å². The van der Waals surface area contributed by atoms with E-state index >= 15 is 0 Å². The number of methoxy groups -OCH3 is 1. The Morgan fingerprint density at radius 3 is 2.53 bits per heavy atom. The summed E-state index contributed by atoms with van der Waals surface area (Å²) in [6, 6.07) is 11.2. The van der Waals surface area contributed by atoms with E-state index in [9.17, 15) is 14.4 Å². The Morgan fingerprint density at radius 2 is 1.87 bits per heavy atom. The average molecular weight is 541 g/mol. The van der Waals surface area contributed by atoms with Crippen LogP contribution in [-0.2, 0) is 14.3 Å². The summed E-state index contributed by atoms with van der Waals surface area (Å²) in [5.74, 6) is -0.870. The van der Waals surface area contributed by atoms with Crippen LogP contribution in [0.2, 0.25) is 0 Å². The van der Waals surface area contributed by atoms with E-state index in [1.165, 1.54) is 13.3 Å². The average Bonchev–Trinajstić information content (AvgIpc) is 2.72. The maximum atomic E-state index is 12.3. The lowest BCUT2D eigenvalue weighted by molar-refractivity contribution is -0.142. The van der Waals surface area contributed by atoms with Crippen molar-refractivity contribution in [1.82, 2.24) is 10.7 Å². The van der Waals surface area contributed by atoms with E-state index in [4.69, 9.17) is 4.74 Å². The first-order valence-electron chi connectivity index (χ1n) is 8.69. The maximum absolute atomic E-state index is 12.3. The molecule has 0 fully saturated rings. The van der Waals surface area contributed by atoms with E-state index in [-0.39, 0.29) is 12.5 Å². The normalized spacial score (nSPS) is 11.6. The van der Waals surface area contributed by atoms with Crippen LogP contribution < -0.4 is 15.5 Å². The number of amides is 2. The molecule has 0 heterocycles. The molecule has 8 nitrogen and oxygen atoms in total. The number of hydrogen-bond acceptors (Lipinski definition) is 6. The van der Waals surface area contributed by atoms with Gasteiger partial charge in [0.05, 0.1) is 23.4 Å². The topological polar surface area (TPSA) is 106 Å². The first-order chi connectivity index (χ1) is 14.3. The molecule has 0 aromatic heterocycles. The lowest BCUT2D eigenvalue weighted by Crippen LogP contribution is -2.43. The first-order valence-corrected chi connectivity index (χ1v) is 10.3. The highest BCUT2D eigenvalue weighted by atomic mass is 79.9. The quantitative estimate of drug-likeness (QED) is 0.304. The molecular formula is C20H19Br2N3O5. The lowest BCUT2D eigenvalue weighted by atomic mass is 10.2. The maximum Gasteiger partial charge on any atom is 0.343 e. The van der Waals surface area contributed by atoms with Crippen molar-refractivity contribution in [3.63, 3.8) is 0 Å². The van der Waals surface area contributed by atoms with Crippen LogP contribution in [0.25, 0.3) is 0 Å². The Bertz CT molecular complexity index is 965. The first kappa shape index (κ1) is 23.6. The molecule has 30 heavy (non-hydrogen) atoms. The van der Waals surface area contributed by atoms with Crippen molar-refractivity contribution >= 4 is 55.9 Å². The second kappa shape index (κ2) is 11.5. The largest absolute Gasteiger partial charge is 0.481 e. The second-order valence-electron chi connectivity index (χ2n) is 5.96. The van der Waals surface area contributed by atoms with Gasteiger partial charge in [0.1, 0.15) is 11.8 Å². The fraction of sp³-hybridized carbons (Fsp3) is 0.200. The molecule has 2 N–H and O–H groups in total. The molecule has 0 aliphatic carbocycles. The van der Waals surface area contributed by atoms with Gasteiger partial charge in [-0.2, -0.15) is 5.10 Å². The number of benzene rings is 2. The Hall–Kier alpha value is -2.72. The van der Waals surface area contributed by atoms with Gasteiger partial charge in [-0.1, -0.05) is 12.1 Å². The van der Waals surface area contributed by atoms with Gasteiger partial charge in [0.2, 0.25) is 0 Å². The van der Waals surface area contributed by atoms with Crippen molar-refractivity contribution < 1.29 is 23.9 Å². The van der Waals surface area contributed by atoms with Gasteiger partial charge >= 0.3 is 5.97 Å². The Labute approximate surface area is 190 Å².